The molecule has 0 atom stereocenters. The number of halogens is 4. The molecular formula is C22H20F4N4O3S. The highest BCUT2D eigenvalue weighted by molar-refractivity contribution is 7.89. The van der Waals surface area contributed by atoms with Crippen molar-refractivity contribution >= 4 is 15.9 Å². The van der Waals surface area contributed by atoms with E-state index in [-0.39, 0.29) is 37.4 Å². The summed E-state index contributed by atoms with van der Waals surface area (Å²) in [6.07, 6.45) is 0. The number of hydrogen-bond acceptors (Lipinski definition) is 4. The number of piperazine rings is 1. The van der Waals surface area contributed by atoms with Crippen molar-refractivity contribution in [3.8, 4) is 5.69 Å². The molecule has 1 fully saturated rings. The molecule has 0 aliphatic carbocycles. The summed E-state index contributed by atoms with van der Waals surface area (Å²) in [5.74, 6) is -4.08. The van der Waals surface area contributed by atoms with Crippen LogP contribution in [0.5, 0.6) is 0 Å². The summed E-state index contributed by atoms with van der Waals surface area (Å²) in [5, 5.41) is 4.23. The first-order chi connectivity index (χ1) is 16.0. The average molecular weight is 496 g/mol. The fourth-order valence-corrected chi connectivity index (χ4v) is 5.42. The fourth-order valence-electron chi connectivity index (χ4n) is 3.95. The van der Waals surface area contributed by atoms with Gasteiger partial charge in [0.2, 0.25) is 10.0 Å². The molecule has 1 amide bonds. The number of nitrogens with zero attached hydrogens (tertiary/aromatic N) is 4. The third-order valence-electron chi connectivity index (χ3n) is 5.68. The minimum absolute atomic E-state index is 0.0155. The van der Waals surface area contributed by atoms with Crippen LogP contribution in [-0.4, -0.2) is 59.5 Å². The van der Waals surface area contributed by atoms with E-state index in [0.29, 0.717) is 17.5 Å². The number of benzene rings is 2. The lowest BCUT2D eigenvalue weighted by atomic mass is 10.1. The zero-order chi connectivity index (χ0) is 24.8. The molecule has 0 N–H and O–H groups in total. The van der Waals surface area contributed by atoms with Gasteiger partial charge in [-0.1, -0.05) is 0 Å². The van der Waals surface area contributed by atoms with Crippen molar-refractivity contribution in [3.05, 3.63) is 76.6 Å². The van der Waals surface area contributed by atoms with Crippen LogP contribution in [0.25, 0.3) is 5.69 Å². The average Bonchev–Trinajstić information content (AvgIpc) is 3.06. The van der Waals surface area contributed by atoms with E-state index in [2.05, 4.69) is 5.10 Å². The highest BCUT2D eigenvalue weighted by Gasteiger charge is 2.34. The monoisotopic (exact) mass is 496 g/mol. The number of aryl methyl sites for hydroxylation is 1. The summed E-state index contributed by atoms with van der Waals surface area (Å²) in [6, 6.07) is 5.25. The second kappa shape index (κ2) is 8.84. The molecule has 12 heteroatoms. The van der Waals surface area contributed by atoms with Crippen molar-refractivity contribution in [1.29, 1.82) is 0 Å². The summed E-state index contributed by atoms with van der Waals surface area (Å²) in [7, 11) is -4.21. The second-order valence-corrected chi connectivity index (χ2v) is 9.73. The standard InChI is InChI=1S/C22H20F4N4O3S/c1-13-21(14(2)30(27-13)19-5-3-15(23)11-17(19)25)22(31)28-7-9-29(10-8-28)34(32,33)20-6-4-16(24)12-18(20)26/h3-6,11-12H,7-10H2,1-2H3. The van der Waals surface area contributed by atoms with Crippen molar-refractivity contribution in [1.82, 2.24) is 19.0 Å². The molecule has 0 unspecified atom stereocenters. The normalized spacial score (nSPS) is 15.1. The van der Waals surface area contributed by atoms with E-state index in [1.807, 2.05) is 0 Å². The topological polar surface area (TPSA) is 75.5 Å². The third kappa shape index (κ3) is 4.18. The first-order valence-corrected chi connectivity index (χ1v) is 11.7. The molecule has 4 rings (SSSR count). The minimum Gasteiger partial charge on any atom is -0.336 e. The molecular weight excluding hydrogens is 476 g/mol. The summed E-state index contributed by atoms with van der Waals surface area (Å²) in [6.45, 7) is 3.02. The molecule has 1 aliphatic heterocycles. The smallest absolute Gasteiger partial charge is 0.257 e. The number of hydrogen-bond donors (Lipinski definition) is 0. The van der Waals surface area contributed by atoms with Crippen molar-refractivity contribution in [2.24, 2.45) is 0 Å². The van der Waals surface area contributed by atoms with Crippen LogP contribution < -0.4 is 0 Å². The largest absolute Gasteiger partial charge is 0.336 e. The lowest BCUT2D eigenvalue weighted by Crippen LogP contribution is -2.50. The van der Waals surface area contributed by atoms with Gasteiger partial charge < -0.3 is 4.90 Å². The summed E-state index contributed by atoms with van der Waals surface area (Å²) in [4.78, 5) is 14.0. The van der Waals surface area contributed by atoms with Crippen molar-refractivity contribution in [2.45, 2.75) is 18.7 Å². The van der Waals surface area contributed by atoms with Crippen molar-refractivity contribution in [3.63, 3.8) is 0 Å². The van der Waals surface area contributed by atoms with Gasteiger partial charge in [-0.2, -0.15) is 9.40 Å². The molecule has 0 spiro atoms. The molecule has 1 saturated heterocycles. The molecule has 34 heavy (non-hydrogen) atoms. The van der Waals surface area contributed by atoms with Crippen LogP contribution >= 0.6 is 0 Å². The summed E-state index contributed by atoms with van der Waals surface area (Å²) < 4.78 is 82.5. The number of sulfonamides is 1. The maximum Gasteiger partial charge on any atom is 0.257 e. The van der Waals surface area contributed by atoms with E-state index in [9.17, 15) is 30.8 Å². The number of aromatic nitrogens is 2. The maximum atomic E-state index is 14.3. The summed E-state index contributed by atoms with van der Waals surface area (Å²) in [5.41, 5.74) is 0.883. The number of carbonyl (C=O) groups excluding carboxylic acids is 1. The molecule has 7 nitrogen and oxygen atoms in total. The fraction of sp³-hybridized carbons (Fsp3) is 0.273. The zero-order valence-electron chi connectivity index (χ0n) is 18.2. The van der Waals surface area contributed by atoms with Gasteiger partial charge in [-0.3, -0.25) is 4.79 Å². The Morgan fingerprint density at radius 2 is 1.47 bits per heavy atom. The molecule has 3 aromatic rings. The van der Waals surface area contributed by atoms with Gasteiger partial charge in [0.15, 0.2) is 5.82 Å². The Morgan fingerprint density at radius 1 is 0.882 bits per heavy atom. The molecule has 0 radical (unpaired) electrons. The van der Waals surface area contributed by atoms with Crippen LogP contribution in [0.3, 0.4) is 0 Å². The predicted molar refractivity (Wildman–Crippen MR) is 114 cm³/mol. The van der Waals surface area contributed by atoms with Gasteiger partial charge in [0.1, 0.15) is 28.0 Å². The van der Waals surface area contributed by atoms with Crippen LogP contribution in [0.1, 0.15) is 21.7 Å². The number of rotatable bonds is 4. The van der Waals surface area contributed by atoms with E-state index in [1.165, 1.54) is 15.6 Å². The van der Waals surface area contributed by atoms with E-state index in [4.69, 9.17) is 0 Å². The molecule has 0 bridgehead atoms. The zero-order valence-corrected chi connectivity index (χ0v) is 19.0. The summed E-state index contributed by atoms with van der Waals surface area (Å²) >= 11 is 0. The Hall–Kier alpha value is -3.25. The van der Waals surface area contributed by atoms with Crippen LogP contribution in [0, 0.1) is 37.1 Å². The van der Waals surface area contributed by atoms with E-state index < -0.39 is 44.1 Å². The molecule has 1 aliphatic rings. The molecule has 2 aromatic carbocycles. The quantitative estimate of drug-likeness (QED) is 0.520. The van der Waals surface area contributed by atoms with Gasteiger partial charge in [-0.15, -0.1) is 0 Å². The third-order valence-corrected chi connectivity index (χ3v) is 7.61. The van der Waals surface area contributed by atoms with Crippen LogP contribution in [0.2, 0.25) is 0 Å². The van der Waals surface area contributed by atoms with Gasteiger partial charge in [0.25, 0.3) is 5.91 Å². The van der Waals surface area contributed by atoms with E-state index >= 15 is 0 Å². The van der Waals surface area contributed by atoms with E-state index in [0.717, 1.165) is 28.6 Å². The predicted octanol–water partition coefficient (Wildman–Crippen LogP) is 3.19. The molecule has 180 valence electrons. The van der Waals surface area contributed by atoms with Crippen molar-refractivity contribution in [2.75, 3.05) is 26.2 Å². The Bertz CT molecular complexity index is 1380. The SMILES string of the molecule is Cc1nn(-c2ccc(F)cc2F)c(C)c1C(=O)N1CCN(S(=O)(=O)c2ccc(F)cc2F)CC1. The lowest BCUT2D eigenvalue weighted by Gasteiger charge is -2.34. The second-order valence-electron chi connectivity index (χ2n) is 7.82. The maximum absolute atomic E-state index is 14.3. The number of carbonyl (C=O) groups is 1. The molecule has 1 aromatic heterocycles. The van der Waals surface area contributed by atoms with Gasteiger partial charge in [0.05, 0.1) is 17.0 Å². The van der Waals surface area contributed by atoms with Crippen LogP contribution in [-0.2, 0) is 10.0 Å². The Morgan fingerprint density at radius 3 is 2.06 bits per heavy atom. The molecule has 0 saturated carbocycles. The van der Waals surface area contributed by atoms with Gasteiger partial charge in [0, 0.05) is 38.3 Å². The highest BCUT2D eigenvalue weighted by Crippen LogP contribution is 2.25. The van der Waals surface area contributed by atoms with Crippen LogP contribution in [0.4, 0.5) is 17.6 Å². The van der Waals surface area contributed by atoms with Crippen molar-refractivity contribution < 1.29 is 30.8 Å². The first-order valence-electron chi connectivity index (χ1n) is 10.3. The first kappa shape index (κ1) is 23.9. The minimum atomic E-state index is -4.21. The Kier molecular flexibility index (Phi) is 6.21. The van der Waals surface area contributed by atoms with E-state index in [1.54, 1.807) is 13.8 Å². The Balaban J connectivity index is 1.54. The molecule has 2 heterocycles. The van der Waals surface area contributed by atoms with Gasteiger partial charge >= 0.3 is 0 Å². The highest BCUT2D eigenvalue weighted by atomic mass is 32.2. The van der Waals surface area contributed by atoms with Gasteiger partial charge in [-0.25, -0.2) is 30.7 Å². The van der Waals surface area contributed by atoms with Gasteiger partial charge in [-0.05, 0) is 38.1 Å². The Labute approximate surface area is 193 Å². The van der Waals surface area contributed by atoms with Crippen LogP contribution in [0.15, 0.2) is 41.3 Å². The number of amides is 1. The lowest BCUT2D eigenvalue weighted by molar-refractivity contribution is 0.0696.